The summed E-state index contributed by atoms with van der Waals surface area (Å²) >= 11 is 0. The molecule has 1 aliphatic carbocycles. The van der Waals surface area contributed by atoms with E-state index in [1.165, 1.54) is 7.11 Å². The third-order valence-corrected chi connectivity index (χ3v) is 7.00. The molecule has 0 amide bonds. The van der Waals surface area contributed by atoms with Crippen LogP contribution in [0.5, 0.6) is 0 Å². The van der Waals surface area contributed by atoms with Crippen molar-refractivity contribution in [2.75, 3.05) is 13.7 Å². The maximum atomic E-state index is 12.4. The molecule has 0 aromatic carbocycles. The van der Waals surface area contributed by atoms with Crippen molar-refractivity contribution in [3.63, 3.8) is 0 Å². The molecule has 6 nitrogen and oxygen atoms in total. The van der Waals surface area contributed by atoms with Crippen molar-refractivity contribution < 1.29 is 28.5 Å². The van der Waals surface area contributed by atoms with Gasteiger partial charge in [0.15, 0.2) is 6.29 Å². The number of hydrogen-bond acceptors (Lipinski definition) is 6. The zero-order valence-electron chi connectivity index (χ0n) is 18.9. The third-order valence-electron chi connectivity index (χ3n) is 7.00. The lowest BCUT2D eigenvalue weighted by Crippen LogP contribution is -2.36. The number of methoxy groups -OCH3 is 1. The molecular formula is C24H38O6. The maximum Gasteiger partial charge on any atom is 0.309 e. The minimum absolute atomic E-state index is 0.0307. The number of unbranched alkanes of at least 4 members (excludes halogenated alkanes) is 1. The summed E-state index contributed by atoms with van der Waals surface area (Å²) in [5.74, 6) is -0.719. The predicted octanol–water partition coefficient (Wildman–Crippen LogP) is 4.41. The number of carbonyl (C=O) groups is 2. The lowest BCUT2D eigenvalue weighted by atomic mass is 9.79. The Bertz CT molecular complexity index is 621. The van der Waals surface area contributed by atoms with E-state index >= 15 is 0 Å². The standard InChI is InChI=1S/C24H38O6/c1-5-6-12-24(2,3)20(30-22-9-7-8-13-28-22)11-10-16-17-15-21(25)29-19(17)14-18(16)23(26)27-4/h10-11,16-20,22H,5-9,12-15H2,1-4H3/b11-10+. The van der Waals surface area contributed by atoms with Crippen LogP contribution in [0.15, 0.2) is 12.2 Å². The smallest absolute Gasteiger partial charge is 0.309 e. The van der Waals surface area contributed by atoms with Crippen LogP contribution in [0.1, 0.15) is 72.1 Å². The second-order valence-electron chi connectivity index (χ2n) is 9.67. The molecule has 2 aliphatic heterocycles. The minimum atomic E-state index is -0.278. The van der Waals surface area contributed by atoms with Crippen molar-refractivity contribution in [1.29, 1.82) is 0 Å². The fourth-order valence-corrected chi connectivity index (χ4v) is 5.10. The van der Waals surface area contributed by atoms with Gasteiger partial charge in [0, 0.05) is 12.5 Å². The topological polar surface area (TPSA) is 71.1 Å². The lowest BCUT2D eigenvalue weighted by Gasteiger charge is -2.36. The fourth-order valence-electron chi connectivity index (χ4n) is 5.10. The second kappa shape index (κ2) is 10.3. The van der Waals surface area contributed by atoms with Gasteiger partial charge in [-0.3, -0.25) is 9.59 Å². The first kappa shape index (κ1) is 23.3. The number of ether oxygens (including phenoxy) is 4. The lowest BCUT2D eigenvalue weighted by molar-refractivity contribution is -0.197. The highest BCUT2D eigenvalue weighted by atomic mass is 16.7. The van der Waals surface area contributed by atoms with Crippen LogP contribution in [0.4, 0.5) is 0 Å². The van der Waals surface area contributed by atoms with Gasteiger partial charge in [0.1, 0.15) is 6.10 Å². The molecule has 6 unspecified atom stereocenters. The molecule has 30 heavy (non-hydrogen) atoms. The van der Waals surface area contributed by atoms with Crippen LogP contribution in [0, 0.1) is 23.2 Å². The summed E-state index contributed by atoms with van der Waals surface area (Å²) in [5, 5.41) is 0. The Morgan fingerprint density at radius 1 is 1.33 bits per heavy atom. The van der Waals surface area contributed by atoms with E-state index in [4.69, 9.17) is 18.9 Å². The summed E-state index contributed by atoms with van der Waals surface area (Å²) in [7, 11) is 1.42. The number of fused-ring (bicyclic) bond motifs is 1. The first-order chi connectivity index (χ1) is 14.4. The van der Waals surface area contributed by atoms with E-state index in [0.29, 0.717) is 12.8 Å². The summed E-state index contributed by atoms with van der Waals surface area (Å²) in [5.41, 5.74) is -0.0614. The summed E-state index contributed by atoms with van der Waals surface area (Å²) in [6, 6.07) is 0. The van der Waals surface area contributed by atoms with Crippen molar-refractivity contribution in [3.8, 4) is 0 Å². The van der Waals surface area contributed by atoms with Crippen molar-refractivity contribution in [2.24, 2.45) is 23.2 Å². The van der Waals surface area contributed by atoms with Crippen LogP contribution in [0.2, 0.25) is 0 Å². The number of allylic oxidation sites excluding steroid dienone is 1. The van der Waals surface area contributed by atoms with Crippen LogP contribution in [0.3, 0.4) is 0 Å². The highest BCUT2D eigenvalue weighted by Gasteiger charge is 2.52. The van der Waals surface area contributed by atoms with E-state index in [-0.39, 0.29) is 53.6 Å². The molecular weight excluding hydrogens is 384 g/mol. The van der Waals surface area contributed by atoms with Crippen molar-refractivity contribution >= 4 is 11.9 Å². The summed E-state index contributed by atoms with van der Waals surface area (Å²) < 4.78 is 22.8. The van der Waals surface area contributed by atoms with E-state index in [9.17, 15) is 9.59 Å². The number of esters is 2. The molecule has 2 saturated heterocycles. The van der Waals surface area contributed by atoms with Crippen LogP contribution < -0.4 is 0 Å². The Balaban J connectivity index is 1.79. The number of hydrogen-bond donors (Lipinski definition) is 0. The van der Waals surface area contributed by atoms with Crippen LogP contribution in [0.25, 0.3) is 0 Å². The number of rotatable bonds is 9. The first-order valence-electron chi connectivity index (χ1n) is 11.6. The summed E-state index contributed by atoms with van der Waals surface area (Å²) in [4.78, 5) is 24.2. The van der Waals surface area contributed by atoms with Gasteiger partial charge in [-0.1, -0.05) is 45.8 Å². The van der Waals surface area contributed by atoms with Crippen molar-refractivity contribution in [3.05, 3.63) is 12.2 Å². The molecule has 0 spiro atoms. The molecule has 0 aromatic rings. The highest BCUT2D eigenvalue weighted by Crippen LogP contribution is 2.46. The van der Waals surface area contributed by atoms with Gasteiger partial charge >= 0.3 is 11.9 Å². The molecule has 3 fully saturated rings. The van der Waals surface area contributed by atoms with Gasteiger partial charge in [0.25, 0.3) is 0 Å². The molecule has 6 heteroatoms. The SMILES string of the molecule is CCCCC(C)(C)C(/C=C/C1C(C(=O)OC)CC2OC(=O)CC21)OC1CCCCO1. The van der Waals surface area contributed by atoms with Crippen molar-refractivity contribution in [2.45, 2.75) is 90.6 Å². The fraction of sp³-hybridized carbons (Fsp3) is 0.833. The molecule has 1 saturated carbocycles. The molecule has 0 N–H and O–H groups in total. The van der Waals surface area contributed by atoms with E-state index in [0.717, 1.165) is 45.1 Å². The van der Waals surface area contributed by atoms with Gasteiger partial charge in [-0.25, -0.2) is 0 Å². The first-order valence-corrected chi connectivity index (χ1v) is 11.6. The molecule has 0 bridgehead atoms. The van der Waals surface area contributed by atoms with E-state index in [1.807, 2.05) is 0 Å². The zero-order valence-corrected chi connectivity index (χ0v) is 18.9. The molecule has 0 radical (unpaired) electrons. The van der Waals surface area contributed by atoms with Crippen LogP contribution >= 0.6 is 0 Å². The third kappa shape index (κ3) is 5.44. The molecule has 0 aromatic heterocycles. The molecule has 170 valence electrons. The van der Waals surface area contributed by atoms with Crippen molar-refractivity contribution in [1.82, 2.24) is 0 Å². The van der Waals surface area contributed by atoms with Gasteiger partial charge in [0.05, 0.1) is 25.6 Å². The van der Waals surface area contributed by atoms with Gasteiger partial charge in [-0.2, -0.15) is 0 Å². The average Bonchev–Trinajstić information content (AvgIpc) is 3.25. The monoisotopic (exact) mass is 422 g/mol. The molecule has 2 heterocycles. The largest absolute Gasteiger partial charge is 0.469 e. The van der Waals surface area contributed by atoms with E-state index in [1.54, 1.807) is 0 Å². The van der Waals surface area contributed by atoms with Gasteiger partial charge in [-0.05, 0) is 43.4 Å². The predicted molar refractivity (Wildman–Crippen MR) is 113 cm³/mol. The minimum Gasteiger partial charge on any atom is -0.469 e. The second-order valence-corrected chi connectivity index (χ2v) is 9.67. The van der Waals surface area contributed by atoms with Gasteiger partial charge in [0.2, 0.25) is 0 Å². The van der Waals surface area contributed by atoms with E-state index < -0.39 is 0 Å². The summed E-state index contributed by atoms with van der Waals surface area (Å²) in [6.45, 7) is 7.41. The Kier molecular flexibility index (Phi) is 7.97. The molecule has 3 rings (SSSR count). The normalized spacial score (nSPS) is 32.8. The van der Waals surface area contributed by atoms with Gasteiger partial charge in [-0.15, -0.1) is 0 Å². The Labute approximate surface area is 180 Å². The average molecular weight is 423 g/mol. The van der Waals surface area contributed by atoms with E-state index in [2.05, 4.69) is 32.9 Å². The molecule has 6 atom stereocenters. The number of carbonyl (C=O) groups excluding carboxylic acids is 2. The van der Waals surface area contributed by atoms with Gasteiger partial charge < -0.3 is 18.9 Å². The quantitative estimate of drug-likeness (QED) is 0.405. The maximum absolute atomic E-state index is 12.4. The molecule has 3 aliphatic rings. The zero-order chi connectivity index (χ0) is 21.7. The summed E-state index contributed by atoms with van der Waals surface area (Å²) in [6.07, 6.45) is 11.0. The van der Waals surface area contributed by atoms with Crippen LogP contribution in [-0.4, -0.2) is 44.2 Å². The van der Waals surface area contributed by atoms with Crippen LogP contribution in [-0.2, 0) is 28.5 Å². The Hall–Kier alpha value is -1.40. The Morgan fingerprint density at radius 2 is 2.13 bits per heavy atom. The Morgan fingerprint density at radius 3 is 2.80 bits per heavy atom. The highest BCUT2D eigenvalue weighted by molar-refractivity contribution is 5.76.